The zero-order valence-corrected chi connectivity index (χ0v) is 8.40. The van der Waals surface area contributed by atoms with E-state index in [9.17, 15) is 0 Å². The first-order valence-electron chi connectivity index (χ1n) is 4.72. The molecule has 0 saturated heterocycles. The predicted molar refractivity (Wildman–Crippen MR) is 54.1 cm³/mol. The van der Waals surface area contributed by atoms with Gasteiger partial charge in [-0.15, -0.1) is 0 Å². The Hall–Kier alpha value is -1.13. The van der Waals surface area contributed by atoms with Crippen molar-refractivity contribution in [2.45, 2.75) is 13.5 Å². The highest BCUT2D eigenvalue weighted by Gasteiger charge is 2.00. The van der Waals surface area contributed by atoms with E-state index in [-0.39, 0.29) is 0 Å². The van der Waals surface area contributed by atoms with Crippen LogP contribution < -0.4 is 10.5 Å². The van der Waals surface area contributed by atoms with Crippen LogP contribution in [-0.2, 0) is 11.3 Å². The summed E-state index contributed by atoms with van der Waals surface area (Å²) < 4.78 is 10.6. The molecule has 0 aromatic carbocycles. The largest absolute Gasteiger partial charge is 0.489 e. The minimum atomic E-state index is 0.465. The van der Waals surface area contributed by atoms with Gasteiger partial charge in [0, 0.05) is 24.9 Å². The van der Waals surface area contributed by atoms with E-state index in [1.54, 1.807) is 12.4 Å². The summed E-state index contributed by atoms with van der Waals surface area (Å²) in [5, 5.41) is 0. The summed E-state index contributed by atoms with van der Waals surface area (Å²) >= 11 is 0. The molecule has 0 bridgehead atoms. The molecule has 1 aromatic rings. The number of ether oxygens (including phenoxy) is 2. The van der Waals surface area contributed by atoms with Gasteiger partial charge in [0.1, 0.15) is 12.4 Å². The van der Waals surface area contributed by atoms with Crippen molar-refractivity contribution in [3.05, 3.63) is 24.0 Å². The summed E-state index contributed by atoms with van der Waals surface area (Å²) in [6.45, 7) is 4.25. The van der Waals surface area contributed by atoms with Gasteiger partial charge in [-0.2, -0.15) is 0 Å². The van der Waals surface area contributed by atoms with E-state index in [0.717, 1.165) is 11.3 Å². The SMILES string of the molecule is CCOCCOc1cnccc1CN. The number of nitrogens with zero attached hydrogens (tertiary/aromatic N) is 1. The van der Waals surface area contributed by atoms with Crippen molar-refractivity contribution in [3.63, 3.8) is 0 Å². The zero-order valence-electron chi connectivity index (χ0n) is 8.40. The fourth-order valence-corrected chi connectivity index (χ4v) is 1.06. The fourth-order valence-electron chi connectivity index (χ4n) is 1.06. The van der Waals surface area contributed by atoms with E-state index in [2.05, 4.69) is 4.98 Å². The standard InChI is InChI=1S/C10H16N2O2/c1-2-13-5-6-14-10-8-12-4-3-9(10)7-11/h3-4,8H,2,5-7,11H2,1H3. The van der Waals surface area contributed by atoms with Crippen LogP contribution in [0.3, 0.4) is 0 Å². The van der Waals surface area contributed by atoms with Gasteiger partial charge in [0.05, 0.1) is 12.8 Å². The third kappa shape index (κ3) is 3.32. The maximum atomic E-state index is 5.54. The highest BCUT2D eigenvalue weighted by atomic mass is 16.5. The van der Waals surface area contributed by atoms with Gasteiger partial charge in [-0.1, -0.05) is 0 Å². The molecule has 0 atom stereocenters. The molecule has 0 spiro atoms. The number of pyridine rings is 1. The van der Waals surface area contributed by atoms with Crippen LogP contribution in [0.2, 0.25) is 0 Å². The Balaban J connectivity index is 2.41. The van der Waals surface area contributed by atoms with Crippen LogP contribution in [0.1, 0.15) is 12.5 Å². The first kappa shape index (κ1) is 10.9. The minimum absolute atomic E-state index is 0.465. The van der Waals surface area contributed by atoms with Crippen molar-refractivity contribution in [3.8, 4) is 5.75 Å². The zero-order chi connectivity index (χ0) is 10.2. The lowest BCUT2D eigenvalue weighted by molar-refractivity contribution is 0.109. The van der Waals surface area contributed by atoms with Crippen molar-refractivity contribution < 1.29 is 9.47 Å². The molecule has 0 aliphatic heterocycles. The Morgan fingerprint density at radius 1 is 1.43 bits per heavy atom. The summed E-state index contributed by atoms with van der Waals surface area (Å²) in [5.41, 5.74) is 6.51. The lowest BCUT2D eigenvalue weighted by atomic mass is 10.2. The molecule has 4 heteroatoms. The van der Waals surface area contributed by atoms with E-state index in [4.69, 9.17) is 15.2 Å². The Morgan fingerprint density at radius 3 is 3.00 bits per heavy atom. The molecule has 0 radical (unpaired) electrons. The summed E-state index contributed by atoms with van der Waals surface area (Å²) in [5.74, 6) is 0.745. The molecule has 0 unspecified atom stereocenters. The molecule has 4 nitrogen and oxygen atoms in total. The van der Waals surface area contributed by atoms with Crippen molar-refractivity contribution >= 4 is 0 Å². The van der Waals surface area contributed by atoms with Gasteiger partial charge in [0.15, 0.2) is 0 Å². The molecule has 1 rings (SSSR count). The Labute approximate surface area is 84.0 Å². The minimum Gasteiger partial charge on any atom is -0.489 e. The lowest BCUT2D eigenvalue weighted by Gasteiger charge is -2.08. The number of hydrogen-bond donors (Lipinski definition) is 1. The Morgan fingerprint density at radius 2 is 2.29 bits per heavy atom. The Bertz CT molecular complexity index is 266. The first-order valence-corrected chi connectivity index (χ1v) is 4.72. The molecule has 0 amide bonds. The fraction of sp³-hybridized carbons (Fsp3) is 0.500. The maximum absolute atomic E-state index is 5.54. The van der Waals surface area contributed by atoms with E-state index >= 15 is 0 Å². The van der Waals surface area contributed by atoms with Gasteiger partial charge >= 0.3 is 0 Å². The smallest absolute Gasteiger partial charge is 0.142 e. The third-order valence-electron chi connectivity index (χ3n) is 1.78. The molecule has 1 heterocycles. The summed E-state index contributed by atoms with van der Waals surface area (Å²) in [6.07, 6.45) is 3.38. The molecule has 0 fully saturated rings. The third-order valence-corrected chi connectivity index (χ3v) is 1.78. The number of nitrogens with two attached hydrogens (primary N) is 1. The quantitative estimate of drug-likeness (QED) is 0.688. The molecule has 14 heavy (non-hydrogen) atoms. The number of rotatable bonds is 6. The van der Waals surface area contributed by atoms with Gasteiger partial charge < -0.3 is 15.2 Å². The van der Waals surface area contributed by atoms with Crippen molar-refractivity contribution in [2.24, 2.45) is 5.73 Å². The first-order chi connectivity index (χ1) is 6.88. The van der Waals surface area contributed by atoms with Crippen LogP contribution in [0.25, 0.3) is 0 Å². The summed E-state index contributed by atoms with van der Waals surface area (Å²) in [6, 6.07) is 1.86. The maximum Gasteiger partial charge on any atom is 0.142 e. The second kappa shape index (κ2) is 6.34. The molecule has 2 N–H and O–H groups in total. The van der Waals surface area contributed by atoms with Crippen LogP contribution in [0.15, 0.2) is 18.5 Å². The molecule has 1 aromatic heterocycles. The summed E-state index contributed by atoms with van der Waals surface area (Å²) in [7, 11) is 0. The van der Waals surface area contributed by atoms with Crippen molar-refractivity contribution in [2.75, 3.05) is 19.8 Å². The molecule has 0 aliphatic carbocycles. The molecule has 0 aliphatic rings. The molecular formula is C10H16N2O2. The van der Waals surface area contributed by atoms with Crippen LogP contribution in [-0.4, -0.2) is 24.8 Å². The van der Waals surface area contributed by atoms with E-state index in [1.165, 1.54) is 0 Å². The molecular weight excluding hydrogens is 180 g/mol. The van der Waals surface area contributed by atoms with Crippen LogP contribution in [0.4, 0.5) is 0 Å². The van der Waals surface area contributed by atoms with E-state index in [1.807, 2.05) is 13.0 Å². The average molecular weight is 196 g/mol. The predicted octanol–water partition coefficient (Wildman–Crippen LogP) is 0.956. The molecule has 78 valence electrons. The van der Waals surface area contributed by atoms with Crippen LogP contribution >= 0.6 is 0 Å². The highest BCUT2D eigenvalue weighted by molar-refractivity contribution is 5.29. The molecule has 0 saturated carbocycles. The normalized spacial score (nSPS) is 10.1. The number of hydrogen-bond acceptors (Lipinski definition) is 4. The summed E-state index contributed by atoms with van der Waals surface area (Å²) in [4.78, 5) is 3.97. The number of aromatic nitrogens is 1. The second-order valence-corrected chi connectivity index (χ2v) is 2.73. The topological polar surface area (TPSA) is 57.4 Å². The highest BCUT2D eigenvalue weighted by Crippen LogP contribution is 2.14. The van der Waals surface area contributed by atoms with Gasteiger partial charge in [-0.05, 0) is 13.0 Å². The van der Waals surface area contributed by atoms with Gasteiger partial charge in [-0.25, -0.2) is 0 Å². The van der Waals surface area contributed by atoms with E-state index < -0.39 is 0 Å². The van der Waals surface area contributed by atoms with Crippen molar-refractivity contribution in [1.29, 1.82) is 0 Å². The monoisotopic (exact) mass is 196 g/mol. The van der Waals surface area contributed by atoms with Crippen molar-refractivity contribution in [1.82, 2.24) is 4.98 Å². The van der Waals surface area contributed by atoms with Gasteiger partial charge in [0.2, 0.25) is 0 Å². The van der Waals surface area contributed by atoms with Gasteiger partial charge in [0.25, 0.3) is 0 Å². The Kier molecular flexibility index (Phi) is 4.96. The van der Waals surface area contributed by atoms with Crippen LogP contribution in [0.5, 0.6) is 5.75 Å². The average Bonchev–Trinajstić information content (AvgIpc) is 2.25. The lowest BCUT2D eigenvalue weighted by Crippen LogP contribution is -2.09. The van der Waals surface area contributed by atoms with Crippen LogP contribution in [0, 0.1) is 0 Å². The van der Waals surface area contributed by atoms with E-state index in [0.29, 0.717) is 26.4 Å². The second-order valence-electron chi connectivity index (χ2n) is 2.73. The van der Waals surface area contributed by atoms with Gasteiger partial charge in [-0.3, -0.25) is 4.98 Å².